The van der Waals surface area contributed by atoms with E-state index in [4.69, 9.17) is 4.74 Å². The van der Waals surface area contributed by atoms with Crippen LogP contribution in [0, 0.1) is 17.0 Å². The number of rotatable bonds is 7. The van der Waals surface area contributed by atoms with Gasteiger partial charge in [0.25, 0.3) is 0 Å². The zero-order valence-electron chi connectivity index (χ0n) is 14.0. The minimum absolute atomic E-state index is 0.125. The zero-order valence-corrected chi connectivity index (χ0v) is 14.0. The summed E-state index contributed by atoms with van der Waals surface area (Å²) in [7, 11) is 1.29. The molecule has 0 aromatic carbocycles. The first-order chi connectivity index (χ1) is 11.4. The maximum atomic E-state index is 12.3. The zero-order chi connectivity index (χ0) is 17.9. The lowest BCUT2D eigenvalue weighted by Gasteiger charge is -2.11. The molecule has 2 rings (SSSR count). The number of ether oxygens (including phenoxy) is 1. The van der Waals surface area contributed by atoms with Crippen molar-refractivity contribution in [3.05, 3.63) is 33.8 Å². The van der Waals surface area contributed by atoms with E-state index in [0.717, 1.165) is 17.8 Å². The second-order valence-corrected chi connectivity index (χ2v) is 5.25. The number of methoxy groups -OCH3 is 1. The fourth-order valence-corrected chi connectivity index (χ4v) is 2.18. The maximum Gasteiger partial charge on any atom is 0.350 e. The Balaban J connectivity index is 2.06. The Labute approximate surface area is 138 Å². The maximum absolute atomic E-state index is 12.3. The Morgan fingerprint density at radius 3 is 2.67 bits per heavy atom. The highest BCUT2D eigenvalue weighted by Crippen LogP contribution is 2.25. The summed E-state index contributed by atoms with van der Waals surface area (Å²) in [6.07, 6.45) is 3.06. The first-order valence-corrected chi connectivity index (χ1v) is 7.45. The molecule has 1 N–H and O–H groups in total. The van der Waals surface area contributed by atoms with Crippen LogP contribution in [0.15, 0.2) is 12.4 Å². The van der Waals surface area contributed by atoms with E-state index in [1.807, 2.05) is 20.0 Å². The molecule has 10 nitrogen and oxygen atoms in total. The number of nitrogens with zero attached hydrogens (tertiary/aromatic N) is 5. The lowest BCUT2D eigenvalue weighted by atomic mass is 10.2. The smallest absolute Gasteiger partial charge is 0.350 e. The van der Waals surface area contributed by atoms with Crippen molar-refractivity contribution >= 4 is 11.6 Å². The predicted octanol–water partition coefficient (Wildman–Crippen LogP) is 1.20. The molecule has 24 heavy (non-hydrogen) atoms. The summed E-state index contributed by atoms with van der Waals surface area (Å²) in [5.74, 6) is -0.432. The molecular weight excluding hydrogens is 316 g/mol. The Hall–Kier alpha value is -2.91. The van der Waals surface area contributed by atoms with Crippen LogP contribution in [0.25, 0.3) is 0 Å². The summed E-state index contributed by atoms with van der Waals surface area (Å²) in [5, 5.41) is 22.0. The highest BCUT2D eigenvalue weighted by atomic mass is 16.6. The van der Waals surface area contributed by atoms with Crippen molar-refractivity contribution in [3.8, 4) is 5.88 Å². The van der Waals surface area contributed by atoms with Crippen molar-refractivity contribution in [1.29, 1.82) is 0 Å². The first kappa shape index (κ1) is 17.4. The number of amides is 1. The fraction of sp³-hybridized carbons (Fsp3) is 0.500. The van der Waals surface area contributed by atoms with E-state index >= 15 is 0 Å². The second kappa shape index (κ2) is 7.11. The monoisotopic (exact) mass is 336 g/mol. The predicted molar refractivity (Wildman–Crippen MR) is 84.6 cm³/mol. The third kappa shape index (κ3) is 3.53. The number of aryl methyl sites for hydroxylation is 2. The first-order valence-electron chi connectivity index (χ1n) is 7.45. The topological polar surface area (TPSA) is 117 Å². The molecule has 2 heterocycles. The highest BCUT2D eigenvalue weighted by Gasteiger charge is 2.25. The minimum Gasteiger partial charge on any atom is -0.475 e. The highest BCUT2D eigenvalue weighted by molar-refractivity contribution is 5.79. The molecular formula is C14H20N6O4. The van der Waals surface area contributed by atoms with E-state index < -0.39 is 11.0 Å². The van der Waals surface area contributed by atoms with E-state index in [1.54, 1.807) is 11.6 Å². The third-order valence-corrected chi connectivity index (χ3v) is 3.67. The number of nitrogens with one attached hydrogen (secondary N) is 1. The van der Waals surface area contributed by atoms with Gasteiger partial charge < -0.3 is 10.1 Å². The molecule has 0 fully saturated rings. The Morgan fingerprint density at radius 2 is 2.17 bits per heavy atom. The van der Waals surface area contributed by atoms with Crippen molar-refractivity contribution in [2.24, 2.45) is 0 Å². The van der Waals surface area contributed by atoms with Crippen molar-refractivity contribution in [1.82, 2.24) is 24.9 Å². The Bertz CT molecular complexity index is 751. The molecule has 0 saturated carbocycles. The number of aromatic nitrogens is 4. The molecule has 0 radical (unpaired) electrons. The van der Waals surface area contributed by atoms with Crippen LogP contribution < -0.4 is 10.1 Å². The molecule has 1 unspecified atom stereocenters. The largest absolute Gasteiger partial charge is 0.475 e. The summed E-state index contributed by atoms with van der Waals surface area (Å²) >= 11 is 0. The molecule has 1 amide bonds. The van der Waals surface area contributed by atoms with Crippen LogP contribution >= 0.6 is 0 Å². The minimum atomic E-state index is -0.714. The summed E-state index contributed by atoms with van der Waals surface area (Å²) in [6.45, 7) is 6.54. The average Bonchev–Trinajstić information content (AvgIpc) is 3.15. The molecule has 0 aliphatic heterocycles. The molecule has 0 saturated heterocycles. The summed E-state index contributed by atoms with van der Waals surface area (Å²) in [5.41, 5.74) is 1.49. The van der Waals surface area contributed by atoms with E-state index in [0.29, 0.717) is 6.54 Å². The van der Waals surface area contributed by atoms with Gasteiger partial charge in [0, 0.05) is 24.8 Å². The van der Waals surface area contributed by atoms with Gasteiger partial charge in [-0.15, -0.1) is 5.10 Å². The fourth-order valence-electron chi connectivity index (χ4n) is 2.18. The van der Waals surface area contributed by atoms with Crippen molar-refractivity contribution in [2.45, 2.75) is 39.9 Å². The van der Waals surface area contributed by atoms with Crippen LogP contribution in [0.1, 0.15) is 31.1 Å². The van der Waals surface area contributed by atoms with Gasteiger partial charge in [-0.25, -0.2) is 4.68 Å². The lowest BCUT2D eigenvalue weighted by molar-refractivity contribution is -0.385. The lowest BCUT2D eigenvalue weighted by Crippen LogP contribution is -2.31. The number of hydrogen-bond donors (Lipinski definition) is 1. The van der Waals surface area contributed by atoms with Crippen LogP contribution in [0.3, 0.4) is 0 Å². The van der Waals surface area contributed by atoms with E-state index in [-0.39, 0.29) is 17.5 Å². The van der Waals surface area contributed by atoms with Gasteiger partial charge in [0.05, 0.1) is 17.7 Å². The quantitative estimate of drug-likeness (QED) is 0.600. The van der Waals surface area contributed by atoms with Crippen LogP contribution in [-0.2, 0) is 17.9 Å². The summed E-state index contributed by atoms with van der Waals surface area (Å²) in [6, 6.07) is -0.714. The number of carbonyl (C=O) groups is 1. The Kier molecular flexibility index (Phi) is 5.17. The van der Waals surface area contributed by atoms with Gasteiger partial charge >= 0.3 is 11.6 Å². The average molecular weight is 336 g/mol. The van der Waals surface area contributed by atoms with Gasteiger partial charge in [-0.05, 0) is 20.8 Å². The van der Waals surface area contributed by atoms with Gasteiger partial charge in [-0.1, -0.05) is 0 Å². The second-order valence-electron chi connectivity index (χ2n) is 5.25. The molecule has 0 aliphatic rings. The SMILES string of the molecule is CCn1cc(CNC(=O)C(C)n2cc([N+](=O)[O-])c(OC)n2)c(C)n1. The molecule has 10 heteroatoms. The number of hydrogen-bond acceptors (Lipinski definition) is 6. The van der Waals surface area contributed by atoms with Crippen LogP contribution in [0.2, 0.25) is 0 Å². The van der Waals surface area contributed by atoms with Crippen LogP contribution in [0.4, 0.5) is 5.69 Å². The molecule has 0 aliphatic carbocycles. The molecule has 2 aromatic rings. The number of nitro groups is 1. The van der Waals surface area contributed by atoms with E-state index in [1.165, 1.54) is 18.0 Å². The van der Waals surface area contributed by atoms with Gasteiger partial charge in [0.2, 0.25) is 5.91 Å². The van der Waals surface area contributed by atoms with Crippen molar-refractivity contribution < 1.29 is 14.5 Å². The summed E-state index contributed by atoms with van der Waals surface area (Å²) < 4.78 is 7.87. The van der Waals surface area contributed by atoms with Gasteiger partial charge in [-0.3, -0.25) is 19.6 Å². The molecule has 2 aromatic heterocycles. The molecule has 1 atom stereocenters. The van der Waals surface area contributed by atoms with Gasteiger partial charge in [0.1, 0.15) is 12.2 Å². The normalized spacial score (nSPS) is 12.0. The van der Waals surface area contributed by atoms with E-state index in [2.05, 4.69) is 15.5 Å². The van der Waals surface area contributed by atoms with Crippen LogP contribution in [0.5, 0.6) is 5.88 Å². The Morgan fingerprint density at radius 1 is 1.46 bits per heavy atom. The van der Waals surface area contributed by atoms with Gasteiger partial charge in [-0.2, -0.15) is 5.10 Å². The van der Waals surface area contributed by atoms with E-state index in [9.17, 15) is 14.9 Å². The third-order valence-electron chi connectivity index (χ3n) is 3.67. The number of carbonyl (C=O) groups excluding carboxylic acids is 1. The van der Waals surface area contributed by atoms with Crippen LogP contribution in [-0.4, -0.2) is 37.5 Å². The molecule has 0 bridgehead atoms. The summed E-state index contributed by atoms with van der Waals surface area (Å²) in [4.78, 5) is 22.6. The van der Waals surface area contributed by atoms with Gasteiger partial charge in [0.15, 0.2) is 0 Å². The van der Waals surface area contributed by atoms with Crippen molar-refractivity contribution in [3.63, 3.8) is 0 Å². The van der Waals surface area contributed by atoms with Crippen molar-refractivity contribution in [2.75, 3.05) is 7.11 Å². The molecule has 130 valence electrons. The standard InChI is InChI=1S/C14H20N6O4/c1-5-18-7-11(9(2)16-18)6-15-13(21)10(3)19-8-12(20(22)23)14(17-19)24-4/h7-8,10H,5-6H2,1-4H3,(H,15,21). The molecule has 0 spiro atoms.